The molecule has 4 heteroatoms. The molecule has 0 fully saturated rings. The third-order valence-corrected chi connectivity index (χ3v) is 6.18. The molecule has 0 aliphatic heterocycles. The number of hydrogen-bond donors (Lipinski definition) is 0. The molecule has 0 unspecified atom stereocenters. The zero-order valence-electron chi connectivity index (χ0n) is 13.3. The van der Waals surface area contributed by atoms with Gasteiger partial charge in [0.25, 0.3) is 0 Å². The molecular formula is C21H15O3P. The molecule has 0 spiro atoms. The predicted molar refractivity (Wildman–Crippen MR) is 101 cm³/mol. The monoisotopic (exact) mass is 346 g/mol. The first-order valence-electron chi connectivity index (χ1n) is 7.71. The molecule has 0 aliphatic carbocycles. The summed E-state index contributed by atoms with van der Waals surface area (Å²) in [4.78, 5) is 33.5. The molecule has 0 aromatic heterocycles. The highest BCUT2D eigenvalue weighted by molar-refractivity contribution is 7.79. The van der Waals surface area contributed by atoms with Crippen LogP contribution in [0.2, 0.25) is 0 Å². The number of aldehydes is 3. The molecule has 0 saturated carbocycles. The van der Waals surface area contributed by atoms with Gasteiger partial charge in [-0.1, -0.05) is 54.6 Å². The Hall–Kier alpha value is -2.90. The Morgan fingerprint density at radius 1 is 0.520 bits per heavy atom. The first-order valence-corrected chi connectivity index (χ1v) is 9.05. The lowest BCUT2D eigenvalue weighted by Gasteiger charge is -2.20. The first-order chi connectivity index (χ1) is 12.2. The normalized spacial score (nSPS) is 10.4. The maximum Gasteiger partial charge on any atom is 0.150 e. The Labute approximate surface area is 147 Å². The summed E-state index contributed by atoms with van der Waals surface area (Å²) >= 11 is 0. The van der Waals surface area contributed by atoms with Crippen LogP contribution in [0.25, 0.3) is 0 Å². The van der Waals surface area contributed by atoms with Gasteiger partial charge in [0.05, 0.1) is 0 Å². The predicted octanol–water partition coefficient (Wildman–Crippen LogP) is 2.88. The van der Waals surface area contributed by atoms with Gasteiger partial charge in [0.2, 0.25) is 0 Å². The van der Waals surface area contributed by atoms with Crippen molar-refractivity contribution in [3.05, 3.63) is 89.5 Å². The number of hydrogen-bond acceptors (Lipinski definition) is 3. The Bertz CT molecular complexity index is 811. The molecule has 0 heterocycles. The number of rotatable bonds is 6. The molecule has 0 N–H and O–H groups in total. The molecule has 0 saturated heterocycles. The minimum absolute atomic E-state index is 0.600. The second-order valence-corrected chi connectivity index (χ2v) is 7.69. The van der Waals surface area contributed by atoms with Crippen molar-refractivity contribution >= 4 is 42.7 Å². The summed E-state index contributed by atoms with van der Waals surface area (Å²) in [5.74, 6) is 0. The molecule has 3 nitrogen and oxygen atoms in total. The first kappa shape index (κ1) is 16.9. The minimum atomic E-state index is -0.988. The average Bonchev–Trinajstić information content (AvgIpc) is 2.68. The lowest BCUT2D eigenvalue weighted by Crippen LogP contribution is -2.21. The van der Waals surface area contributed by atoms with Gasteiger partial charge in [0.15, 0.2) is 0 Å². The van der Waals surface area contributed by atoms with Gasteiger partial charge in [-0.25, -0.2) is 0 Å². The fourth-order valence-corrected chi connectivity index (χ4v) is 5.09. The minimum Gasteiger partial charge on any atom is -0.298 e. The lowest BCUT2D eigenvalue weighted by atomic mass is 10.2. The van der Waals surface area contributed by atoms with Crippen LogP contribution in [0.15, 0.2) is 72.8 Å². The van der Waals surface area contributed by atoms with E-state index < -0.39 is 7.92 Å². The zero-order valence-corrected chi connectivity index (χ0v) is 14.2. The van der Waals surface area contributed by atoms with Gasteiger partial charge in [-0.05, 0) is 42.0 Å². The molecular weight excluding hydrogens is 331 g/mol. The smallest absolute Gasteiger partial charge is 0.150 e. The Balaban J connectivity index is 2.20. The third kappa shape index (κ3) is 3.78. The van der Waals surface area contributed by atoms with Crippen LogP contribution < -0.4 is 15.9 Å². The summed E-state index contributed by atoms with van der Waals surface area (Å²) in [5, 5.41) is 2.97. The van der Waals surface area contributed by atoms with E-state index in [2.05, 4.69) is 0 Å². The highest BCUT2D eigenvalue weighted by Gasteiger charge is 2.17. The summed E-state index contributed by atoms with van der Waals surface area (Å²) in [6.45, 7) is 0. The maximum absolute atomic E-state index is 11.2. The summed E-state index contributed by atoms with van der Waals surface area (Å²) in [5.41, 5.74) is 1.80. The quantitative estimate of drug-likeness (QED) is 0.509. The molecule has 3 aromatic rings. The molecule has 0 amide bonds. The van der Waals surface area contributed by atoms with E-state index in [-0.39, 0.29) is 0 Å². The van der Waals surface area contributed by atoms with Crippen LogP contribution in [0.5, 0.6) is 0 Å². The molecule has 122 valence electrons. The van der Waals surface area contributed by atoms with E-state index in [1.807, 2.05) is 54.6 Å². The topological polar surface area (TPSA) is 51.2 Å². The van der Waals surface area contributed by atoms with E-state index in [0.717, 1.165) is 34.8 Å². The fourth-order valence-electron chi connectivity index (χ4n) is 2.66. The fraction of sp³-hybridized carbons (Fsp3) is 0. The molecule has 25 heavy (non-hydrogen) atoms. The van der Waals surface area contributed by atoms with E-state index in [0.29, 0.717) is 16.7 Å². The summed E-state index contributed by atoms with van der Waals surface area (Å²) in [6, 6.07) is 22.3. The molecule has 0 aliphatic rings. The van der Waals surface area contributed by atoms with Crippen molar-refractivity contribution in [2.45, 2.75) is 0 Å². The summed E-state index contributed by atoms with van der Waals surface area (Å²) < 4.78 is 0. The zero-order chi connectivity index (χ0) is 17.6. The van der Waals surface area contributed by atoms with Gasteiger partial charge in [-0.2, -0.15) is 0 Å². The molecule has 3 rings (SSSR count). The Kier molecular flexibility index (Phi) is 5.27. The van der Waals surface area contributed by atoms with Crippen molar-refractivity contribution < 1.29 is 14.4 Å². The lowest BCUT2D eigenvalue weighted by molar-refractivity contribution is 0.111. The molecule has 0 radical (unpaired) electrons. The van der Waals surface area contributed by atoms with Crippen LogP contribution in [0.4, 0.5) is 0 Å². The standard InChI is InChI=1S/C21H15O3P/c22-13-16-4-1-7-19(10-16)25(20-8-2-5-17(11-20)14-23)21-9-3-6-18(12-21)15-24/h1-15H. The SMILES string of the molecule is O=Cc1cccc(P(c2cccc(C=O)c2)c2cccc(C=O)c2)c1. The van der Waals surface area contributed by atoms with Crippen molar-refractivity contribution in [1.82, 2.24) is 0 Å². The number of carbonyl (C=O) groups excluding carboxylic acids is 3. The van der Waals surface area contributed by atoms with Crippen molar-refractivity contribution in [3.63, 3.8) is 0 Å². The van der Waals surface area contributed by atoms with E-state index in [1.165, 1.54) is 0 Å². The van der Waals surface area contributed by atoms with Crippen molar-refractivity contribution in [1.29, 1.82) is 0 Å². The number of benzene rings is 3. The maximum atomic E-state index is 11.2. The second kappa shape index (κ2) is 7.78. The second-order valence-electron chi connectivity index (χ2n) is 5.47. The third-order valence-electron chi connectivity index (χ3n) is 3.79. The van der Waals surface area contributed by atoms with Crippen LogP contribution in [0, 0.1) is 0 Å². The van der Waals surface area contributed by atoms with Gasteiger partial charge in [-0.15, -0.1) is 0 Å². The summed E-state index contributed by atoms with van der Waals surface area (Å²) in [6.07, 6.45) is 2.46. The highest BCUT2D eigenvalue weighted by Crippen LogP contribution is 2.33. The Morgan fingerprint density at radius 3 is 1.12 bits per heavy atom. The van der Waals surface area contributed by atoms with Crippen LogP contribution in [0.3, 0.4) is 0 Å². The van der Waals surface area contributed by atoms with Crippen LogP contribution in [0.1, 0.15) is 31.1 Å². The average molecular weight is 346 g/mol. The van der Waals surface area contributed by atoms with Gasteiger partial charge >= 0.3 is 0 Å². The Morgan fingerprint density at radius 2 is 0.840 bits per heavy atom. The van der Waals surface area contributed by atoms with E-state index in [1.54, 1.807) is 18.2 Å². The van der Waals surface area contributed by atoms with Crippen molar-refractivity contribution in [2.24, 2.45) is 0 Å². The molecule has 3 aromatic carbocycles. The van der Waals surface area contributed by atoms with Gasteiger partial charge in [0.1, 0.15) is 18.9 Å². The molecule has 0 atom stereocenters. The van der Waals surface area contributed by atoms with Gasteiger partial charge < -0.3 is 0 Å². The summed E-state index contributed by atoms with van der Waals surface area (Å²) in [7, 11) is -0.988. The highest BCUT2D eigenvalue weighted by atomic mass is 31.1. The van der Waals surface area contributed by atoms with E-state index in [9.17, 15) is 14.4 Å². The van der Waals surface area contributed by atoms with Gasteiger partial charge in [-0.3, -0.25) is 14.4 Å². The molecule has 0 bridgehead atoms. The van der Waals surface area contributed by atoms with Crippen molar-refractivity contribution in [2.75, 3.05) is 0 Å². The van der Waals surface area contributed by atoms with Crippen LogP contribution in [-0.2, 0) is 0 Å². The number of carbonyl (C=O) groups is 3. The largest absolute Gasteiger partial charge is 0.298 e. The van der Waals surface area contributed by atoms with E-state index in [4.69, 9.17) is 0 Å². The van der Waals surface area contributed by atoms with Gasteiger partial charge in [0, 0.05) is 16.7 Å². The van der Waals surface area contributed by atoms with E-state index >= 15 is 0 Å². The van der Waals surface area contributed by atoms with Crippen LogP contribution >= 0.6 is 7.92 Å². The van der Waals surface area contributed by atoms with Crippen LogP contribution in [-0.4, -0.2) is 18.9 Å². The van der Waals surface area contributed by atoms with Crippen molar-refractivity contribution in [3.8, 4) is 0 Å².